The number of aromatic nitrogens is 2. The molecule has 2 aromatic rings. The molecule has 1 heterocycles. The first-order chi connectivity index (χ1) is 12.2. The minimum Gasteiger partial charge on any atom is -0.349 e. The molecule has 2 N–H and O–H groups in total. The van der Waals surface area contributed by atoms with Crippen molar-refractivity contribution in [1.29, 1.82) is 0 Å². The Morgan fingerprint density at radius 2 is 2.08 bits per heavy atom. The molecule has 2 saturated carbocycles. The van der Waals surface area contributed by atoms with Gasteiger partial charge in [0.1, 0.15) is 0 Å². The number of thioether (sulfide) groups is 1. The fourth-order valence-electron chi connectivity index (χ4n) is 2.60. The fourth-order valence-corrected chi connectivity index (χ4v) is 3.43. The van der Waals surface area contributed by atoms with Gasteiger partial charge in [-0.1, -0.05) is 17.8 Å². The lowest BCUT2D eigenvalue weighted by molar-refractivity contribution is -0.113. The van der Waals surface area contributed by atoms with Crippen LogP contribution in [-0.2, 0) is 4.79 Å². The topological polar surface area (TPSA) is 76.0 Å². The Hall–Kier alpha value is -2.28. The van der Waals surface area contributed by atoms with Gasteiger partial charge in [-0.15, -0.1) is 0 Å². The third-order valence-electron chi connectivity index (χ3n) is 4.23. The van der Waals surface area contributed by atoms with Crippen LogP contribution in [0.2, 0.25) is 0 Å². The van der Waals surface area contributed by atoms with Gasteiger partial charge >= 0.3 is 0 Å². The highest BCUT2D eigenvalue weighted by molar-refractivity contribution is 7.99. The zero-order valence-electron chi connectivity index (χ0n) is 13.8. The van der Waals surface area contributed by atoms with E-state index in [1.807, 2.05) is 6.20 Å². The molecule has 0 unspecified atom stereocenters. The summed E-state index contributed by atoms with van der Waals surface area (Å²) in [5.41, 5.74) is 1.21. The molecule has 0 saturated heterocycles. The number of anilines is 1. The number of carbonyl (C=O) groups excluding carboxylic acids is 2. The molecular formula is C18H20N4O2S. The summed E-state index contributed by atoms with van der Waals surface area (Å²) in [5, 5.41) is 6.69. The van der Waals surface area contributed by atoms with Crippen molar-refractivity contribution in [2.75, 3.05) is 11.1 Å². The number of carbonyl (C=O) groups is 2. The molecule has 0 spiro atoms. The number of imidazole rings is 1. The molecule has 0 radical (unpaired) electrons. The van der Waals surface area contributed by atoms with Crippen molar-refractivity contribution in [3.63, 3.8) is 0 Å². The maximum absolute atomic E-state index is 12.2. The normalized spacial score (nSPS) is 16.5. The molecule has 1 aromatic heterocycles. The Bertz CT molecular complexity index is 796. The van der Waals surface area contributed by atoms with Crippen LogP contribution in [-0.4, -0.2) is 33.2 Å². The molecule has 4 rings (SSSR count). The molecule has 2 aliphatic rings. The summed E-state index contributed by atoms with van der Waals surface area (Å²) in [4.78, 5) is 28.6. The van der Waals surface area contributed by atoms with Gasteiger partial charge in [-0.3, -0.25) is 9.59 Å². The summed E-state index contributed by atoms with van der Waals surface area (Å²) in [5.74, 6) is 0.108. The van der Waals surface area contributed by atoms with Gasteiger partial charge in [-0.05, 0) is 43.9 Å². The first-order valence-corrected chi connectivity index (χ1v) is 9.54. The maximum Gasteiger partial charge on any atom is 0.251 e. The average molecular weight is 356 g/mol. The van der Waals surface area contributed by atoms with Gasteiger partial charge in [0, 0.05) is 35.7 Å². The molecule has 2 aliphatic carbocycles. The van der Waals surface area contributed by atoms with Crippen molar-refractivity contribution in [1.82, 2.24) is 14.9 Å². The van der Waals surface area contributed by atoms with Gasteiger partial charge in [0.05, 0.1) is 5.75 Å². The van der Waals surface area contributed by atoms with E-state index in [-0.39, 0.29) is 11.8 Å². The maximum atomic E-state index is 12.2. The van der Waals surface area contributed by atoms with Gasteiger partial charge in [0.2, 0.25) is 5.91 Å². The molecule has 130 valence electrons. The van der Waals surface area contributed by atoms with Crippen molar-refractivity contribution in [2.24, 2.45) is 0 Å². The average Bonchev–Trinajstić information content (AvgIpc) is 3.54. The Balaban J connectivity index is 1.32. The van der Waals surface area contributed by atoms with Crippen molar-refractivity contribution in [3.05, 3.63) is 42.2 Å². The highest BCUT2D eigenvalue weighted by atomic mass is 32.2. The van der Waals surface area contributed by atoms with Crippen LogP contribution in [0.3, 0.4) is 0 Å². The Morgan fingerprint density at radius 3 is 2.84 bits per heavy atom. The highest BCUT2D eigenvalue weighted by Gasteiger charge is 2.26. The largest absolute Gasteiger partial charge is 0.349 e. The molecule has 7 heteroatoms. The molecule has 0 atom stereocenters. The van der Waals surface area contributed by atoms with Crippen molar-refractivity contribution in [3.8, 4) is 0 Å². The van der Waals surface area contributed by atoms with E-state index in [0.717, 1.165) is 18.0 Å². The lowest BCUT2D eigenvalue weighted by atomic mass is 10.2. The Labute approximate surface area is 150 Å². The van der Waals surface area contributed by atoms with Gasteiger partial charge in [0.25, 0.3) is 5.91 Å². The zero-order chi connectivity index (χ0) is 17.2. The van der Waals surface area contributed by atoms with E-state index in [1.54, 1.807) is 30.5 Å². The van der Waals surface area contributed by atoms with Gasteiger partial charge in [-0.2, -0.15) is 0 Å². The summed E-state index contributed by atoms with van der Waals surface area (Å²) in [6.07, 6.45) is 8.23. The number of nitrogens with zero attached hydrogens (tertiary/aromatic N) is 2. The number of hydrogen-bond acceptors (Lipinski definition) is 4. The van der Waals surface area contributed by atoms with Crippen LogP contribution in [0, 0.1) is 0 Å². The number of amides is 2. The first-order valence-electron chi connectivity index (χ1n) is 8.55. The molecule has 0 aliphatic heterocycles. The minimum atomic E-state index is -0.102. The van der Waals surface area contributed by atoms with Gasteiger partial charge in [-0.25, -0.2) is 4.98 Å². The molecule has 2 fully saturated rings. The van der Waals surface area contributed by atoms with Crippen LogP contribution in [0.15, 0.2) is 41.8 Å². The number of benzene rings is 1. The summed E-state index contributed by atoms with van der Waals surface area (Å²) >= 11 is 1.44. The molecule has 2 amide bonds. The van der Waals surface area contributed by atoms with E-state index in [4.69, 9.17) is 0 Å². The zero-order valence-corrected chi connectivity index (χ0v) is 14.6. The SMILES string of the molecule is O=C(CSc1nccn1C1CC1)Nc1cccc(C(=O)NC2CC2)c1. The summed E-state index contributed by atoms with van der Waals surface area (Å²) in [7, 11) is 0. The van der Waals surface area contributed by atoms with E-state index in [9.17, 15) is 9.59 Å². The van der Waals surface area contributed by atoms with Crippen LogP contribution in [0.5, 0.6) is 0 Å². The van der Waals surface area contributed by atoms with E-state index >= 15 is 0 Å². The number of rotatable bonds is 7. The van der Waals surface area contributed by atoms with Crippen LogP contribution in [0.1, 0.15) is 42.1 Å². The summed E-state index contributed by atoms with van der Waals surface area (Å²) in [6.45, 7) is 0. The lowest BCUT2D eigenvalue weighted by Gasteiger charge is -2.08. The third-order valence-corrected chi connectivity index (χ3v) is 5.21. The van der Waals surface area contributed by atoms with Gasteiger partial charge in [0.15, 0.2) is 5.16 Å². The highest BCUT2D eigenvalue weighted by Crippen LogP contribution is 2.37. The molecule has 25 heavy (non-hydrogen) atoms. The second kappa shape index (κ2) is 6.92. The van der Waals surface area contributed by atoms with E-state index in [2.05, 4.69) is 20.2 Å². The van der Waals surface area contributed by atoms with E-state index in [1.165, 1.54) is 24.6 Å². The van der Waals surface area contributed by atoms with E-state index < -0.39 is 0 Å². The Morgan fingerprint density at radius 1 is 1.24 bits per heavy atom. The predicted molar refractivity (Wildman–Crippen MR) is 96.8 cm³/mol. The monoisotopic (exact) mass is 356 g/mol. The lowest BCUT2D eigenvalue weighted by Crippen LogP contribution is -2.25. The minimum absolute atomic E-state index is 0.0839. The Kier molecular flexibility index (Phi) is 4.48. The summed E-state index contributed by atoms with van der Waals surface area (Å²) < 4.78 is 2.14. The summed E-state index contributed by atoms with van der Waals surface area (Å²) in [6, 6.07) is 7.92. The van der Waals surface area contributed by atoms with Crippen molar-refractivity contribution >= 4 is 29.3 Å². The number of hydrogen-bond donors (Lipinski definition) is 2. The van der Waals surface area contributed by atoms with E-state index in [0.29, 0.717) is 29.1 Å². The van der Waals surface area contributed by atoms with Crippen LogP contribution in [0.4, 0.5) is 5.69 Å². The smallest absolute Gasteiger partial charge is 0.251 e. The quantitative estimate of drug-likeness (QED) is 0.748. The fraction of sp³-hybridized carbons (Fsp3) is 0.389. The second-order valence-electron chi connectivity index (χ2n) is 6.51. The van der Waals surface area contributed by atoms with Gasteiger partial charge < -0.3 is 15.2 Å². The molecule has 6 nitrogen and oxygen atoms in total. The number of nitrogens with one attached hydrogen (secondary N) is 2. The standard InChI is InChI=1S/C18H20N4O2S/c23-16(11-25-18-19-8-9-22(18)15-6-7-15)20-14-3-1-2-12(10-14)17(24)21-13-4-5-13/h1-3,8-10,13,15H,4-7,11H2,(H,20,23)(H,21,24). The van der Waals surface area contributed by atoms with Crippen molar-refractivity contribution in [2.45, 2.75) is 42.9 Å². The van der Waals surface area contributed by atoms with Crippen LogP contribution in [0.25, 0.3) is 0 Å². The molecule has 1 aromatic carbocycles. The second-order valence-corrected chi connectivity index (χ2v) is 7.46. The predicted octanol–water partition coefficient (Wildman–Crippen LogP) is 2.84. The third kappa shape index (κ3) is 4.22. The van der Waals surface area contributed by atoms with Crippen LogP contribution >= 0.6 is 11.8 Å². The molecular weight excluding hydrogens is 336 g/mol. The molecule has 0 bridgehead atoms. The van der Waals surface area contributed by atoms with Crippen molar-refractivity contribution < 1.29 is 9.59 Å². The van der Waals surface area contributed by atoms with Crippen LogP contribution < -0.4 is 10.6 Å². The first kappa shape index (κ1) is 16.2.